The third-order valence-corrected chi connectivity index (χ3v) is 7.02. The van der Waals surface area contributed by atoms with Crippen LogP contribution in [-0.4, -0.2) is 47.3 Å². The minimum atomic E-state index is -0.397. The van der Waals surface area contributed by atoms with Gasteiger partial charge in [-0.2, -0.15) is 0 Å². The highest BCUT2D eigenvalue weighted by Crippen LogP contribution is 2.37. The van der Waals surface area contributed by atoms with Crippen molar-refractivity contribution in [2.75, 3.05) is 26.7 Å². The van der Waals surface area contributed by atoms with E-state index in [0.717, 1.165) is 36.9 Å². The molecule has 0 amide bonds. The molecule has 2 fully saturated rings. The number of phenols is 1. The topological polar surface area (TPSA) is 39.1 Å². The highest BCUT2D eigenvalue weighted by molar-refractivity contribution is 5.97. The smallest absolute Gasteiger partial charge is 0.140 e. The molecule has 0 aromatic heterocycles. The summed E-state index contributed by atoms with van der Waals surface area (Å²) < 4.78 is 14.4. The Morgan fingerprint density at radius 2 is 1.97 bits per heavy atom. The highest BCUT2D eigenvalue weighted by Gasteiger charge is 2.30. The van der Waals surface area contributed by atoms with E-state index in [1.807, 2.05) is 38.1 Å². The second-order valence-electron chi connectivity index (χ2n) is 9.13. The van der Waals surface area contributed by atoms with Crippen LogP contribution in [0.3, 0.4) is 0 Å². The van der Waals surface area contributed by atoms with E-state index in [2.05, 4.69) is 11.5 Å². The number of halogens is 1. The van der Waals surface area contributed by atoms with Crippen molar-refractivity contribution in [2.45, 2.75) is 58.8 Å². The zero-order valence-corrected chi connectivity index (χ0v) is 20.6. The highest BCUT2D eigenvalue weighted by atomic mass is 19.1. The van der Waals surface area contributed by atoms with Crippen LogP contribution in [-0.2, 0) is 0 Å². The van der Waals surface area contributed by atoms with Crippen LogP contribution in [0.5, 0.6) is 5.75 Å². The summed E-state index contributed by atoms with van der Waals surface area (Å²) in [6, 6.07) is 4.05. The van der Waals surface area contributed by atoms with Gasteiger partial charge < -0.3 is 14.9 Å². The summed E-state index contributed by atoms with van der Waals surface area (Å²) >= 11 is 0. The second kappa shape index (κ2) is 12.2. The third kappa shape index (κ3) is 6.35. The molecule has 2 aliphatic heterocycles. The first kappa shape index (κ1) is 25.2. The molecule has 33 heavy (non-hydrogen) atoms. The number of aromatic hydroxyl groups is 1. The molecule has 2 heterocycles. The number of aliphatic imine (C=N–C) groups is 1. The molecule has 0 bridgehead atoms. The molecule has 1 aliphatic carbocycles. The maximum atomic E-state index is 14.4. The maximum absolute atomic E-state index is 14.4. The molecule has 5 heteroatoms. The molecular weight excluding hydrogens is 413 g/mol. The largest absolute Gasteiger partial charge is 0.508 e. The third-order valence-electron chi connectivity index (χ3n) is 7.02. The molecule has 4 nitrogen and oxygen atoms in total. The minimum absolute atomic E-state index is 0.0245. The van der Waals surface area contributed by atoms with E-state index in [1.165, 1.54) is 63.4 Å². The summed E-state index contributed by atoms with van der Waals surface area (Å²) in [5.74, 6) is 2.15. The Labute approximate surface area is 199 Å². The van der Waals surface area contributed by atoms with E-state index in [-0.39, 0.29) is 5.75 Å². The monoisotopic (exact) mass is 453 g/mol. The Morgan fingerprint density at radius 3 is 2.76 bits per heavy atom. The van der Waals surface area contributed by atoms with Crippen LogP contribution in [0.25, 0.3) is 5.57 Å². The molecule has 1 aromatic carbocycles. The maximum Gasteiger partial charge on any atom is 0.140 e. The van der Waals surface area contributed by atoms with Gasteiger partial charge in [-0.1, -0.05) is 39.3 Å². The zero-order chi connectivity index (χ0) is 23.8. The molecule has 3 aliphatic rings. The summed E-state index contributed by atoms with van der Waals surface area (Å²) in [6.07, 6.45) is 14.6. The molecular formula is C28H40FN3O. The van der Waals surface area contributed by atoms with Crippen molar-refractivity contribution in [3.63, 3.8) is 0 Å². The lowest BCUT2D eigenvalue weighted by molar-refractivity contribution is 0.237. The van der Waals surface area contributed by atoms with Gasteiger partial charge in [-0.05, 0) is 81.3 Å². The first-order valence-electron chi connectivity index (χ1n) is 12.6. The Kier molecular flexibility index (Phi) is 9.30. The van der Waals surface area contributed by atoms with Gasteiger partial charge in [-0.3, -0.25) is 0 Å². The molecule has 4 rings (SSSR count). The molecule has 2 atom stereocenters. The number of likely N-dealkylation sites (tertiary alicyclic amines) is 1. The van der Waals surface area contributed by atoms with Crippen LogP contribution >= 0.6 is 0 Å². The number of benzene rings is 1. The van der Waals surface area contributed by atoms with Gasteiger partial charge in [0.15, 0.2) is 0 Å². The average Bonchev–Trinajstić information content (AvgIpc) is 3.17. The van der Waals surface area contributed by atoms with Gasteiger partial charge in [0.2, 0.25) is 0 Å². The van der Waals surface area contributed by atoms with E-state index < -0.39 is 5.82 Å². The number of nitrogens with zero attached hydrogens (tertiary/aromatic N) is 3. The molecule has 1 saturated carbocycles. The van der Waals surface area contributed by atoms with Crippen LogP contribution < -0.4 is 0 Å². The SMILES string of the molecule is C=C/C(=C1/N=C(CCCN2CCCC3CCCC3C2)C=CN1C)c1cc(O)ccc1F.CC. The van der Waals surface area contributed by atoms with E-state index in [1.54, 1.807) is 6.08 Å². The minimum Gasteiger partial charge on any atom is -0.508 e. The van der Waals surface area contributed by atoms with Gasteiger partial charge in [0, 0.05) is 36.6 Å². The molecule has 0 radical (unpaired) electrons. The lowest BCUT2D eigenvalue weighted by Crippen LogP contribution is -2.30. The van der Waals surface area contributed by atoms with Gasteiger partial charge >= 0.3 is 0 Å². The van der Waals surface area contributed by atoms with E-state index in [9.17, 15) is 9.50 Å². The molecule has 0 spiro atoms. The van der Waals surface area contributed by atoms with Gasteiger partial charge in [-0.25, -0.2) is 9.38 Å². The number of allylic oxidation sites excluding steroid dienone is 3. The van der Waals surface area contributed by atoms with Gasteiger partial charge in [0.05, 0.1) is 0 Å². The summed E-state index contributed by atoms with van der Waals surface area (Å²) in [4.78, 5) is 9.36. The predicted molar refractivity (Wildman–Crippen MR) is 137 cm³/mol. The van der Waals surface area contributed by atoms with Crippen molar-refractivity contribution in [1.29, 1.82) is 0 Å². The van der Waals surface area contributed by atoms with Crippen molar-refractivity contribution < 1.29 is 9.50 Å². The van der Waals surface area contributed by atoms with Crippen molar-refractivity contribution in [2.24, 2.45) is 16.8 Å². The Bertz CT molecular complexity index is 904. The number of fused-ring (bicyclic) bond motifs is 1. The number of hydrogen-bond donors (Lipinski definition) is 1. The van der Waals surface area contributed by atoms with Crippen molar-refractivity contribution >= 4 is 11.3 Å². The van der Waals surface area contributed by atoms with Gasteiger partial charge in [0.25, 0.3) is 0 Å². The molecule has 1 saturated heterocycles. The number of hydrogen-bond acceptors (Lipinski definition) is 4. The normalized spacial score (nSPS) is 24.4. The van der Waals surface area contributed by atoms with E-state index in [4.69, 9.17) is 4.99 Å². The lowest BCUT2D eigenvalue weighted by atomic mass is 9.93. The fourth-order valence-corrected chi connectivity index (χ4v) is 5.37. The van der Waals surface area contributed by atoms with Gasteiger partial charge in [-0.15, -0.1) is 0 Å². The van der Waals surface area contributed by atoms with Crippen LogP contribution in [0.15, 0.2) is 53.9 Å². The molecule has 180 valence electrons. The zero-order valence-electron chi connectivity index (χ0n) is 20.6. The van der Waals surface area contributed by atoms with Crippen molar-refractivity contribution in [3.8, 4) is 5.75 Å². The Morgan fingerprint density at radius 1 is 1.21 bits per heavy atom. The summed E-state index contributed by atoms with van der Waals surface area (Å²) in [5.41, 5.74) is 1.89. The summed E-state index contributed by atoms with van der Waals surface area (Å²) in [5, 5.41) is 9.82. The van der Waals surface area contributed by atoms with Crippen molar-refractivity contribution in [1.82, 2.24) is 9.80 Å². The summed E-state index contributed by atoms with van der Waals surface area (Å²) in [6.45, 7) is 11.5. The van der Waals surface area contributed by atoms with Crippen LogP contribution in [0, 0.1) is 17.7 Å². The Balaban J connectivity index is 0.00000149. The molecule has 2 unspecified atom stereocenters. The first-order chi connectivity index (χ1) is 16.0. The quantitative estimate of drug-likeness (QED) is 0.527. The fourth-order valence-electron chi connectivity index (χ4n) is 5.37. The lowest BCUT2D eigenvalue weighted by Gasteiger charge is -2.25. The van der Waals surface area contributed by atoms with Gasteiger partial charge in [0.1, 0.15) is 17.4 Å². The van der Waals surface area contributed by atoms with Crippen LogP contribution in [0.1, 0.15) is 64.4 Å². The first-order valence-corrected chi connectivity index (χ1v) is 12.6. The average molecular weight is 454 g/mol. The van der Waals surface area contributed by atoms with Crippen molar-refractivity contribution in [3.05, 3.63) is 60.3 Å². The molecule has 1 aromatic rings. The Hall–Kier alpha value is -2.40. The van der Waals surface area contributed by atoms with Crippen LogP contribution in [0.4, 0.5) is 4.39 Å². The fraction of sp³-hybridized carbons (Fsp3) is 0.536. The second-order valence-corrected chi connectivity index (χ2v) is 9.13. The number of phenolic OH excluding ortho intramolecular Hbond substituents is 1. The standard InChI is InChI=1S/C26H34FN3O.C2H6/c1-3-23(24-17-22(31)11-12-25(24)27)26-28-21(13-16-29(26)2)10-6-15-30-14-5-9-19-7-4-8-20(19)18-30;1-2/h3,11-13,16-17,19-20,31H,1,4-10,14-15,18H2,2H3;1-2H3/b26-23+;. The van der Waals surface area contributed by atoms with Crippen LogP contribution in [0.2, 0.25) is 0 Å². The predicted octanol–water partition coefficient (Wildman–Crippen LogP) is 6.60. The van der Waals surface area contributed by atoms with E-state index in [0.29, 0.717) is 17.0 Å². The van der Waals surface area contributed by atoms with E-state index >= 15 is 0 Å². The summed E-state index contributed by atoms with van der Waals surface area (Å²) in [7, 11) is 1.89. The number of rotatable bonds is 6. The molecule has 1 N–H and O–H groups in total.